The summed E-state index contributed by atoms with van der Waals surface area (Å²) in [6.07, 6.45) is 3.04. The average molecular weight is 322 g/mol. The highest BCUT2D eigenvalue weighted by Crippen LogP contribution is 2.29. The van der Waals surface area contributed by atoms with Crippen LogP contribution in [0.2, 0.25) is 0 Å². The van der Waals surface area contributed by atoms with E-state index in [9.17, 15) is 9.90 Å². The zero-order valence-electron chi connectivity index (χ0n) is 13.6. The molecule has 4 heteroatoms. The van der Waals surface area contributed by atoms with Gasteiger partial charge < -0.3 is 14.3 Å². The lowest BCUT2D eigenvalue weighted by atomic mass is 10.1. The van der Waals surface area contributed by atoms with Crippen molar-refractivity contribution < 1.29 is 19.1 Å². The Morgan fingerprint density at radius 1 is 1.25 bits per heavy atom. The molecule has 0 atom stereocenters. The van der Waals surface area contributed by atoms with E-state index in [1.54, 1.807) is 24.3 Å². The van der Waals surface area contributed by atoms with Gasteiger partial charge in [0.25, 0.3) is 0 Å². The fourth-order valence-corrected chi connectivity index (χ4v) is 2.56. The monoisotopic (exact) mass is 322 g/mol. The second-order valence-electron chi connectivity index (χ2n) is 5.40. The summed E-state index contributed by atoms with van der Waals surface area (Å²) in [6, 6.07) is 12.1. The van der Waals surface area contributed by atoms with E-state index in [-0.39, 0.29) is 17.1 Å². The van der Waals surface area contributed by atoms with Crippen molar-refractivity contribution in [3.8, 4) is 11.5 Å². The molecule has 0 bridgehead atoms. The standard InChI is InChI=1S/C20H18O4/c1-3-23-14-8-9-15-13(2)19(24-20(15)12-14)11-10-18(22)16-6-4-5-7-17(16)21/h4-12,21H,3H2,1-2H3/b11-10+. The number of aryl methyl sites for hydroxylation is 1. The number of rotatable bonds is 5. The minimum Gasteiger partial charge on any atom is -0.507 e. The van der Waals surface area contributed by atoms with Crippen LogP contribution in [0.4, 0.5) is 0 Å². The number of ether oxygens (including phenoxy) is 1. The number of ketones is 1. The van der Waals surface area contributed by atoms with Gasteiger partial charge >= 0.3 is 0 Å². The van der Waals surface area contributed by atoms with Gasteiger partial charge in [0.2, 0.25) is 0 Å². The maximum absolute atomic E-state index is 12.2. The van der Waals surface area contributed by atoms with Crippen LogP contribution in [0.3, 0.4) is 0 Å². The SMILES string of the molecule is CCOc1ccc2c(C)c(/C=C/C(=O)c3ccccc3O)oc2c1. The van der Waals surface area contributed by atoms with E-state index in [1.807, 2.05) is 32.0 Å². The van der Waals surface area contributed by atoms with Crippen molar-refractivity contribution in [2.75, 3.05) is 6.61 Å². The molecule has 3 aromatic rings. The Balaban J connectivity index is 1.91. The van der Waals surface area contributed by atoms with Gasteiger partial charge in [0.15, 0.2) is 5.78 Å². The number of hydrogen-bond donors (Lipinski definition) is 1. The van der Waals surface area contributed by atoms with Crippen molar-refractivity contribution in [2.24, 2.45) is 0 Å². The molecule has 0 aliphatic rings. The number of para-hydroxylation sites is 1. The third kappa shape index (κ3) is 3.04. The first-order valence-electron chi connectivity index (χ1n) is 7.76. The predicted molar refractivity (Wildman–Crippen MR) is 93.6 cm³/mol. The maximum Gasteiger partial charge on any atom is 0.189 e. The summed E-state index contributed by atoms with van der Waals surface area (Å²) in [5.74, 6) is 1.06. The highest BCUT2D eigenvalue weighted by Gasteiger charge is 2.11. The van der Waals surface area contributed by atoms with Gasteiger partial charge in [0, 0.05) is 17.0 Å². The molecule has 0 unspecified atom stereocenters. The van der Waals surface area contributed by atoms with Crippen molar-refractivity contribution in [3.63, 3.8) is 0 Å². The number of furan rings is 1. The topological polar surface area (TPSA) is 59.7 Å². The van der Waals surface area contributed by atoms with Gasteiger partial charge in [-0.15, -0.1) is 0 Å². The van der Waals surface area contributed by atoms with Crippen LogP contribution in [-0.4, -0.2) is 17.5 Å². The molecule has 0 aliphatic heterocycles. The van der Waals surface area contributed by atoms with Gasteiger partial charge in [-0.05, 0) is 50.3 Å². The number of fused-ring (bicyclic) bond motifs is 1. The Morgan fingerprint density at radius 3 is 2.79 bits per heavy atom. The third-order valence-corrected chi connectivity index (χ3v) is 3.81. The molecule has 0 saturated carbocycles. The Kier molecular flexibility index (Phi) is 4.38. The summed E-state index contributed by atoms with van der Waals surface area (Å²) in [4.78, 5) is 12.2. The van der Waals surface area contributed by atoms with Crippen LogP contribution in [0.25, 0.3) is 17.0 Å². The fraction of sp³-hybridized carbons (Fsp3) is 0.150. The molecule has 4 nitrogen and oxygen atoms in total. The van der Waals surface area contributed by atoms with Crippen LogP contribution >= 0.6 is 0 Å². The smallest absolute Gasteiger partial charge is 0.189 e. The molecule has 0 amide bonds. The minimum absolute atomic E-state index is 0.0326. The van der Waals surface area contributed by atoms with Crippen LogP contribution in [0.15, 0.2) is 53.0 Å². The number of phenolic OH excluding ortho intramolecular Hbond substituents is 1. The lowest BCUT2D eigenvalue weighted by Crippen LogP contribution is -1.94. The number of allylic oxidation sites excluding steroid dienone is 1. The van der Waals surface area contributed by atoms with Crippen molar-refractivity contribution in [1.82, 2.24) is 0 Å². The number of benzene rings is 2. The van der Waals surface area contributed by atoms with E-state index < -0.39 is 0 Å². The molecule has 3 rings (SSSR count). The first-order chi connectivity index (χ1) is 11.6. The van der Waals surface area contributed by atoms with Crippen LogP contribution in [0.1, 0.15) is 28.6 Å². The van der Waals surface area contributed by atoms with Crippen LogP contribution < -0.4 is 4.74 Å². The molecule has 0 aliphatic carbocycles. The zero-order chi connectivity index (χ0) is 17.1. The lowest BCUT2D eigenvalue weighted by Gasteiger charge is -2.01. The molecule has 1 aromatic heterocycles. The Morgan fingerprint density at radius 2 is 2.04 bits per heavy atom. The minimum atomic E-state index is -0.275. The molecule has 0 radical (unpaired) electrons. The molecule has 122 valence electrons. The number of phenols is 1. The van der Waals surface area contributed by atoms with Gasteiger partial charge in [-0.2, -0.15) is 0 Å². The van der Waals surface area contributed by atoms with Gasteiger partial charge in [-0.25, -0.2) is 0 Å². The average Bonchev–Trinajstić information content (AvgIpc) is 2.89. The van der Waals surface area contributed by atoms with Crippen molar-refractivity contribution >= 4 is 22.8 Å². The molecule has 0 saturated heterocycles. The number of carbonyl (C=O) groups is 1. The second-order valence-corrected chi connectivity index (χ2v) is 5.40. The summed E-state index contributed by atoms with van der Waals surface area (Å²) >= 11 is 0. The van der Waals surface area contributed by atoms with Crippen LogP contribution in [0.5, 0.6) is 11.5 Å². The molecule has 2 aromatic carbocycles. The molecular formula is C20H18O4. The van der Waals surface area contributed by atoms with E-state index in [2.05, 4.69) is 0 Å². The first-order valence-corrected chi connectivity index (χ1v) is 7.76. The van der Waals surface area contributed by atoms with Crippen molar-refractivity contribution in [2.45, 2.75) is 13.8 Å². The fourth-order valence-electron chi connectivity index (χ4n) is 2.56. The Hall–Kier alpha value is -3.01. The summed E-state index contributed by atoms with van der Waals surface area (Å²) in [5, 5.41) is 10.7. The lowest BCUT2D eigenvalue weighted by molar-refractivity contribution is 0.104. The van der Waals surface area contributed by atoms with Crippen LogP contribution in [-0.2, 0) is 0 Å². The van der Waals surface area contributed by atoms with E-state index in [4.69, 9.17) is 9.15 Å². The van der Waals surface area contributed by atoms with Gasteiger partial charge in [0.1, 0.15) is 22.8 Å². The molecule has 24 heavy (non-hydrogen) atoms. The molecule has 1 heterocycles. The van der Waals surface area contributed by atoms with E-state index in [1.165, 1.54) is 12.1 Å². The normalized spacial score (nSPS) is 11.2. The van der Waals surface area contributed by atoms with Crippen LogP contribution in [0, 0.1) is 6.92 Å². The van der Waals surface area contributed by atoms with Crippen molar-refractivity contribution in [3.05, 3.63) is 65.4 Å². The van der Waals surface area contributed by atoms with Gasteiger partial charge in [-0.3, -0.25) is 4.79 Å². The third-order valence-electron chi connectivity index (χ3n) is 3.81. The molecular weight excluding hydrogens is 304 g/mol. The second kappa shape index (κ2) is 6.62. The maximum atomic E-state index is 12.2. The highest BCUT2D eigenvalue weighted by molar-refractivity contribution is 6.08. The quantitative estimate of drug-likeness (QED) is 0.544. The molecule has 0 fully saturated rings. The summed E-state index contributed by atoms with van der Waals surface area (Å²) < 4.78 is 11.3. The first kappa shape index (κ1) is 15.9. The van der Waals surface area contributed by atoms with Gasteiger partial charge in [0.05, 0.1) is 12.2 Å². The molecule has 0 spiro atoms. The Bertz CT molecular complexity index is 919. The number of carbonyl (C=O) groups excluding carboxylic acids is 1. The Labute approximate surface area is 140 Å². The molecule has 1 N–H and O–H groups in total. The number of aromatic hydroxyl groups is 1. The van der Waals surface area contributed by atoms with E-state index in [0.29, 0.717) is 18.0 Å². The van der Waals surface area contributed by atoms with Crippen molar-refractivity contribution in [1.29, 1.82) is 0 Å². The highest BCUT2D eigenvalue weighted by atomic mass is 16.5. The number of hydrogen-bond acceptors (Lipinski definition) is 4. The van der Waals surface area contributed by atoms with E-state index in [0.717, 1.165) is 16.7 Å². The largest absolute Gasteiger partial charge is 0.507 e. The summed E-state index contributed by atoms with van der Waals surface area (Å²) in [5.41, 5.74) is 1.93. The van der Waals surface area contributed by atoms with Gasteiger partial charge in [-0.1, -0.05) is 12.1 Å². The predicted octanol–water partition coefficient (Wildman–Crippen LogP) is 4.74. The zero-order valence-corrected chi connectivity index (χ0v) is 13.6. The summed E-state index contributed by atoms with van der Waals surface area (Å²) in [7, 11) is 0. The summed E-state index contributed by atoms with van der Waals surface area (Å²) in [6.45, 7) is 4.46. The van der Waals surface area contributed by atoms with E-state index >= 15 is 0 Å².